The van der Waals surface area contributed by atoms with E-state index in [0.29, 0.717) is 12.6 Å². The largest absolute Gasteiger partial charge is 0.328 e. The van der Waals surface area contributed by atoms with E-state index in [2.05, 4.69) is 34.9 Å². The van der Waals surface area contributed by atoms with Gasteiger partial charge in [-0.25, -0.2) is 4.79 Å². The van der Waals surface area contributed by atoms with Gasteiger partial charge in [-0.2, -0.15) is 5.10 Å². The first kappa shape index (κ1) is 13.7. The highest BCUT2D eigenvalue weighted by atomic mass is 79.9. The van der Waals surface area contributed by atoms with Gasteiger partial charge in [0, 0.05) is 25.0 Å². The molecule has 0 bridgehead atoms. The SMILES string of the molecule is CCc1nn(CC)c(Cn2ccn(C3CC3)c2=O)c1Br. The predicted octanol–water partition coefficient (Wildman–Crippen LogP) is 2.57. The van der Waals surface area contributed by atoms with E-state index >= 15 is 0 Å². The van der Waals surface area contributed by atoms with E-state index in [0.717, 1.165) is 41.7 Å². The van der Waals surface area contributed by atoms with E-state index in [1.165, 1.54) is 0 Å². The van der Waals surface area contributed by atoms with Crippen LogP contribution in [0.3, 0.4) is 0 Å². The summed E-state index contributed by atoms with van der Waals surface area (Å²) in [5.74, 6) is 0. The number of nitrogens with zero attached hydrogens (tertiary/aromatic N) is 4. The van der Waals surface area contributed by atoms with Crippen LogP contribution < -0.4 is 5.69 Å². The minimum atomic E-state index is 0.0845. The van der Waals surface area contributed by atoms with Crippen LogP contribution in [0.5, 0.6) is 0 Å². The van der Waals surface area contributed by atoms with Crippen molar-refractivity contribution in [2.24, 2.45) is 0 Å². The van der Waals surface area contributed by atoms with Gasteiger partial charge in [0.05, 0.1) is 22.4 Å². The highest BCUT2D eigenvalue weighted by Crippen LogP contribution is 2.33. The quantitative estimate of drug-likeness (QED) is 0.840. The van der Waals surface area contributed by atoms with Gasteiger partial charge in [0.2, 0.25) is 0 Å². The van der Waals surface area contributed by atoms with Gasteiger partial charge in [0.25, 0.3) is 0 Å². The summed E-state index contributed by atoms with van der Waals surface area (Å²) in [5, 5.41) is 4.57. The third kappa shape index (κ3) is 2.26. The molecule has 1 aliphatic carbocycles. The number of aryl methyl sites for hydroxylation is 2. The van der Waals surface area contributed by atoms with Crippen LogP contribution in [-0.2, 0) is 19.5 Å². The van der Waals surface area contributed by atoms with Crippen LogP contribution in [0.1, 0.15) is 44.1 Å². The van der Waals surface area contributed by atoms with Crippen molar-refractivity contribution < 1.29 is 0 Å². The fourth-order valence-corrected chi connectivity index (χ4v) is 3.20. The molecule has 1 aliphatic rings. The molecule has 0 saturated heterocycles. The first-order valence-corrected chi connectivity index (χ1v) is 7.96. The molecule has 2 aromatic rings. The first-order valence-electron chi connectivity index (χ1n) is 7.17. The second-order valence-corrected chi connectivity index (χ2v) is 6.02. The van der Waals surface area contributed by atoms with Gasteiger partial charge in [0.15, 0.2) is 0 Å². The van der Waals surface area contributed by atoms with Crippen molar-refractivity contribution in [2.75, 3.05) is 0 Å². The zero-order valence-corrected chi connectivity index (χ0v) is 13.4. The van der Waals surface area contributed by atoms with Crippen molar-refractivity contribution in [3.8, 4) is 0 Å². The summed E-state index contributed by atoms with van der Waals surface area (Å²) >= 11 is 3.63. The van der Waals surface area contributed by atoms with E-state index < -0.39 is 0 Å². The average molecular weight is 339 g/mol. The fraction of sp³-hybridized carbons (Fsp3) is 0.571. The van der Waals surface area contributed by atoms with Gasteiger partial charge in [-0.1, -0.05) is 6.92 Å². The molecule has 1 saturated carbocycles. The highest BCUT2D eigenvalue weighted by Gasteiger charge is 2.26. The Balaban J connectivity index is 1.94. The number of hydrogen-bond acceptors (Lipinski definition) is 2. The Hall–Kier alpha value is -1.30. The molecular formula is C14H19BrN4O. The van der Waals surface area contributed by atoms with Gasteiger partial charge >= 0.3 is 5.69 Å². The smallest absolute Gasteiger partial charge is 0.296 e. The van der Waals surface area contributed by atoms with Crippen molar-refractivity contribution in [3.63, 3.8) is 0 Å². The summed E-state index contributed by atoms with van der Waals surface area (Å²) in [6.07, 6.45) is 6.92. The van der Waals surface area contributed by atoms with E-state index in [1.54, 1.807) is 4.57 Å². The molecule has 0 unspecified atom stereocenters. The van der Waals surface area contributed by atoms with Crippen LogP contribution in [-0.4, -0.2) is 18.9 Å². The zero-order chi connectivity index (χ0) is 14.3. The maximum Gasteiger partial charge on any atom is 0.328 e. The molecule has 6 heteroatoms. The van der Waals surface area contributed by atoms with Crippen LogP contribution in [0.4, 0.5) is 0 Å². The molecule has 0 N–H and O–H groups in total. The lowest BCUT2D eigenvalue weighted by Crippen LogP contribution is -2.24. The third-order valence-corrected chi connectivity index (χ3v) is 4.74. The van der Waals surface area contributed by atoms with Gasteiger partial charge in [-0.3, -0.25) is 13.8 Å². The molecule has 108 valence electrons. The molecule has 0 spiro atoms. The number of rotatable bonds is 5. The van der Waals surface area contributed by atoms with Crippen LogP contribution in [0.25, 0.3) is 0 Å². The number of aromatic nitrogens is 4. The van der Waals surface area contributed by atoms with Crippen molar-refractivity contribution >= 4 is 15.9 Å². The number of imidazole rings is 1. The molecule has 2 aromatic heterocycles. The Morgan fingerprint density at radius 1 is 1.35 bits per heavy atom. The van der Waals surface area contributed by atoms with Gasteiger partial charge < -0.3 is 0 Å². The van der Waals surface area contributed by atoms with Gasteiger partial charge in [-0.15, -0.1) is 0 Å². The second kappa shape index (κ2) is 5.24. The third-order valence-electron chi connectivity index (χ3n) is 3.83. The minimum Gasteiger partial charge on any atom is -0.296 e. The zero-order valence-electron chi connectivity index (χ0n) is 11.8. The molecule has 3 rings (SSSR count). The maximum absolute atomic E-state index is 12.3. The summed E-state index contributed by atoms with van der Waals surface area (Å²) in [7, 11) is 0. The van der Waals surface area contributed by atoms with E-state index in [4.69, 9.17) is 0 Å². The van der Waals surface area contributed by atoms with E-state index in [9.17, 15) is 4.79 Å². The summed E-state index contributed by atoms with van der Waals surface area (Å²) in [5.41, 5.74) is 2.21. The minimum absolute atomic E-state index is 0.0845. The molecule has 20 heavy (non-hydrogen) atoms. The van der Waals surface area contributed by atoms with E-state index in [1.807, 2.05) is 21.6 Å². The number of halogens is 1. The predicted molar refractivity (Wildman–Crippen MR) is 81.0 cm³/mol. The van der Waals surface area contributed by atoms with Crippen LogP contribution >= 0.6 is 15.9 Å². The van der Waals surface area contributed by atoms with Crippen molar-refractivity contribution in [2.45, 2.75) is 52.2 Å². The van der Waals surface area contributed by atoms with E-state index in [-0.39, 0.29) is 5.69 Å². The first-order chi connectivity index (χ1) is 9.65. The molecule has 0 atom stereocenters. The molecule has 1 fully saturated rings. The number of hydrogen-bond donors (Lipinski definition) is 0. The summed E-state index contributed by atoms with van der Waals surface area (Å²) in [4.78, 5) is 12.3. The molecule has 0 amide bonds. The van der Waals surface area contributed by atoms with Crippen molar-refractivity contribution in [1.82, 2.24) is 18.9 Å². The van der Waals surface area contributed by atoms with Crippen LogP contribution in [0, 0.1) is 0 Å². The lowest BCUT2D eigenvalue weighted by Gasteiger charge is -2.06. The van der Waals surface area contributed by atoms with Crippen molar-refractivity contribution in [1.29, 1.82) is 0 Å². The molecule has 5 nitrogen and oxygen atoms in total. The lowest BCUT2D eigenvalue weighted by molar-refractivity contribution is 0.579. The monoisotopic (exact) mass is 338 g/mol. The molecule has 0 radical (unpaired) electrons. The second-order valence-electron chi connectivity index (χ2n) is 5.22. The maximum atomic E-state index is 12.3. The summed E-state index contributed by atoms with van der Waals surface area (Å²) in [6.45, 7) is 5.54. The fourth-order valence-electron chi connectivity index (χ4n) is 2.51. The highest BCUT2D eigenvalue weighted by molar-refractivity contribution is 9.10. The average Bonchev–Trinajstić information content (AvgIpc) is 3.16. The van der Waals surface area contributed by atoms with Gasteiger partial charge in [0.1, 0.15) is 0 Å². The normalized spacial score (nSPS) is 14.9. The van der Waals surface area contributed by atoms with Crippen LogP contribution in [0.15, 0.2) is 21.7 Å². The topological polar surface area (TPSA) is 44.8 Å². The summed E-state index contributed by atoms with van der Waals surface area (Å²) in [6, 6.07) is 0.425. The molecule has 2 heterocycles. The molecule has 0 aliphatic heterocycles. The van der Waals surface area contributed by atoms with Crippen LogP contribution in [0.2, 0.25) is 0 Å². The Kier molecular flexibility index (Phi) is 3.58. The Morgan fingerprint density at radius 3 is 2.70 bits per heavy atom. The molecular weight excluding hydrogens is 320 g/mol. The Bertz CT molecular complexity index is 678. The molecule has 0 aromatic carbocycles. The summed E-state index contributed by atoms with van der Waals surface area (Å²) < 4.78 is 6.63. The lowest BCUT2D eigenvalue weighted by atomic mass is 10.3. The van der Waals surface area contributed by atoms with Gasteiger partial charge in [-0.05, 0) is 42.1 Å². The Morgan fingerprint density at radius 2 is 2.10 bits per heavy atom. The standard InChI is InChI=1S/C14H19BrN4O/c1-3-11-13(15)12(19(4-2)16-11)9-17-7-8-18(14(17)20)10-5-6-10/h7-8,10H,3-6,9H2,1-2H3. The van der Waals surface area contributed by atoms with Crippen molar-refractivity contribution in [3.05, 3.63) is 38.7 Å². The Labute approximate surface area is 126 Å².